The third-order valence-electron chi connectivity index (χ3n) is 16.4. The van der Waals surface area contributed by atoms with Gasteiger partial charge in [-0.25, -0.2) is 4.79 Å². The van der Waals surface area contributed by atoms with E-state index in [0.717, 1.165) is 11.1 Å². The van der Waals surface area contributed by atoms with Gasteiger partial charge in [-0.2, -0.15) is 30.4 Å². The van der Waals surface area contributed by atoms with Crippen LogP contribution in [0.2, 0.25) is 0 Å². The molecule has 0 saturated carbocycles. The van der Waals surface area contributed by atoms with E-state index in [1.807, 2.05) is 26.0 Å². The Balaban J connectivity index is 0.000000159. The number of ether oxygens (including phenoxy) is 1. The third kappa shape index (κ3) is 16.8. The molecule has 1 aliphatic rings. The number of nitrogens with zero attached hydrogens (tertiary/aromatic N) is 6. The van der Waals surface area contributed by atoms with Crippen LogP contribution < -0.4 is 20.7 Å². The van der Waals surface area contributed by atoms with Gasteiger partial charge in [-0.1, -0.05) is 145 Å². The number of hydrogen-bond donors (Lipinski definition) is 10. The van der Waals surface area contributed by atoms with Crippen molar-refractivity contribution in [1.29, 1.82) is 0 Å². The highest BCUT2D eigenvalue weighted by Crippen LogP contribution is 2.51. The van der Waals surface area contributed by atoms with E-state index in [1.165, 1.54) is 48.2 Å². The van der Waals surface area contributed by atoms with Gasteiger partial charge in [0.25, 0.3) is 42.2 Å². The van der Waals surface area contributed by atoms with Gasteiger partial charge in [0.1, 0.15) is 59.8 Å². The Hall–Kier alpha value is -12.3. The molecule has 12 aromatic carbocycles. The van der Waals surface area contributed by atoms with Gasteiger partial charge in [-0.15, -0.1) is 25.6 Å². The Morgan fingerprint density at radius 2 is 0.906 bits per heavy atom. The predicted molar refractivity (Wildman–Crippen MR) is 403 cm³/mol. The molecule has 1 aliphatic heterocycles. The number of amides is 2. The molecular formula is C76H63N9O17S4. The van der Waals surface area contributed by atoms with Crippen molar-refractivity contribution in [2.75, 3.05) is 22.6 Å². The normalized spacial score (nSPS) is 12.9. The number of carboxylic acids is 1. The van der Waals surface area contributed by atoms with Crippen LogP contribution in [0.4, 0.5) is 51.2 Å². The first-order valence-electron chi connectivity index (χ1n) is 31.9. The van der Waals surface area contributed by atoms with Gasteiger partial charge in [-0.05, 0) is 157 Å². The van der Waals surface area contributed by atoms with E-state index in [4.69, 9.17) is 4.74 Å². The summed E-state index contributed by atoms with van der Waals surface area (Å²) in [4.78, 5) is 37.3. The molecule has 0 aliphatic carbocycles. The minimum atomic E-state index is -4.57. The average Bonchev–Trinajstić information content (AvgIpc) is 1.38. The fraction of sp³-hybridized carbons (Fsp3) is 0.0921. The number of aromatic carboxylic acids is 1. The first-order valence-corrected chi connectivity index (χ1v) is 37.1. The molecule has 0 spiro atoms. The van der Waals surface area contributed by atoms with Crippen molar-refractivity contribution >= 4 is 143 Å². The molecule has 13 rings (SSSR count). The van der Waals surface area contributed by atoms with E-state index in [1.54, 1.807) is 185 Å². The zero-order chi connectivity index (χ0) is 75.9. The molecule has 12 aromatic rings. The summed E-state index contributed by atoms with van der Waals surface area (Å²) in [6.45, 7) is 9.05. The van der Waals surface area contributed by atoms with Crippen molar-refractivity contribution in [2.24, 2.45) is 30.7 Å². The number of nitrogens with one attached hydrogen (secondary N) is 3. The average molecular weight is 1500 g/mol. The number of phenolic OH excluding ortho intramolecular Hbond substituents is 2. The zero-order valence-electron chi connectivity index (χ0n) is 56.5. The van der Waals surface area contributed by atoms with Crippen molar-refractivity contribution in [2.45, 2.75) is 59.6 Å². The van der Waals surface area contributed by atoms with Crippen molar-refractivity contribution < 1.29 is 78.5 Å². The van der Waals surface area contributed by atoms with Crippen LogP contribution in [0.25, 0.3) is 32.3 Å². The molecule has 1 unspecified atom stereocenters. The lowest BCUT2D eigenvalue weighted by Gasteiger charge is -2.13. The van der Waals surface area contributed by atoms with Crippen LogP contribution in [0.5, 0.6) is 23.0 Å². The number of benzene rings is 12. The number of carbonyl (C=O) groups is 3. The highest BCUT2D eigenvalue weighted by Gasteiger charge is 2.31. The van der Waals surface area contributed by atoms with E-state index < -0.39 is 75.2 Å². The Bertz CT molecular complexity index is 5980. The van der Waals surface area contributed by atoms with Gasteiger partial charge < -0.3 is 41.1 Å². The summed E-state index contributed by atoms with van der Waals surface area (Å²) in [7, 11) is -13.5. The fourth-order valence-electron chi connectivity index (χ4n) is 11.2. The molecule has 0 aromatic heterocycles. The van der Waals surface area contributed by atoms with Crippen LogP contribution in [-0.2, 0) is 30.4 Å². The van der Waals surface area contributed by atoms with Crippen molar-refractivity contribution in [3.05, 3.63) is 257 Å². The summed E-state index contributed by atoms with van der Waals surface area (Å²) in [6, 6.07) is 58.5. The van der Waals surface area contributed by atoms with E-state index in [0.29, 0.717) is 89.0 Å². The first kappa shape index (κ1) is 74.9. The van der Waals surface area contributed by atoms with Crippen LogP contribution >= 0.6 is 11.8 Å². The van der Waals surface area contributed by atoms with Crippen LogP contribution in [0.15, 0.2) is 263 Å². The Morgan fingerprint density at radius 1 is 0.472 bits per heavy atom. The number of rotatable bonds is 17. The molecule has 0 radical (unpaired) electrons. The SMILES string of the molecule is CCOc1ccccc1NC(=O)c1cc2ccccc2c(N=Nc2ccc(C)cc2S(=O)(=O)O)c1O.Cc1ccc(N=Nc2c(O)c(C(=O)Nc3ccccc3C)cc3ccccc23)c(S(=O)(=O)O)c1.Cc1ccc2c(c1S(=O)(=O)O)SC(c1ccc(N=Nc3c(O)c(C(=O)O)cc4ccccc34)cc1)N2. The van der Waals surface area contributed by atoms with Crippen LogP contribution in [0.3, 0.4) is 0 Å². The number of thioether (sulfide) groups is 1. The van der Waals surface area contributed by atoms with Gasteiger partial charge >= 0.3 is 5.97 Å². The lowest BCUT2D eigenvalue weighted by atomic mass is 10.0. The summed E-state index contributed by atoms with van der Waals surface area (Å²) >= 11 is 1.29. The maximum absolute atomic E-state index is 13.2. The quantitative estimate of drug-likeness (QED) is 0.0299. The van der Waals surface area contributed by atoms with E-state index in [2.05, 4.69) is 46.6 Å². The molecule has 0 saturated heterocycles. The maximum atomic E-state index is 13.2. The molecule has 1 atom stereocenters. The van der Waals surface area contributed by atoms with Crippen molar-refractivity contribution in [1.82, 2.24) is 0 Å². The molecule has 10 N–H and O–H groups in total. The van der Waals surface area contributed by atoms with Crippen molar-refractivity contribution in [3.8, 4) is 23.0 Å². The van der Waals surface area contributed by atoms with E-state index in [9.17, 15) is 73.7 Å². The maximum Gasteiger partial charge on any atom is 0.339 e. The number of phenols is 3. The number of carboxylic acid groups (broad SMARTS) is 1. The van der Waals surface area contributed by atoms with Crippen LogP contribution in [-0.4, -0.2) is 83.7 Å². The van der Waals surface area contributed by atoms with E-state index >= 15 is 0 Å². The second-order valence-corrected chi connectivity index (χ2v) is 29.0. The number of para-hydroxylation sites is 3. The van der Waals surface area contributed by atoms with Crippen LogP contribution in [0.1, 0.15) is 71.2 Å². The zero-order valence-corrected chi connectivity index (χ0v) is 59.8. The minimum Gasteiger partial charge on any atom is -0.505 e. The number of azo groups is 3. The van der Waals surface area contributed by atoms with Gasteiger partial charge in [0, 0.05) is 21.8 Å². The first-order chi connectivity index (χ1) is 50.5. The lowest BCUT2D eigenvalue weighted by molar-refractivity contribution is 0.0693. The molecule has 0 bridgehead atoms. The monoisotopic (exact) mass is 1500 g/mol. The molecular weight excluding hydrogens is 1440 g/mol. The smallest absolute Gasteiger partial charge is 0.339 e. The summed E-state index contributed by atoms with van der Waals surface area (Å²) in [5.41, 5.74) is 4.94. The molecule has 0 fully saturated rings. The van der Waals surface area contributed by atoms with Gasteiger partial charge in [-0.3, -0.25) is 23.2 Å². The van der Waals surface area contributed by atoms with E-state index in [-0.39, 0.29) is 55.4 Å². The van der Waals surface area contributed by atoms with Crippen LogP contribution in [0, 0.1) is 27.7 Å². The largest absolute Gasteiger partial charge is 0.505 e. The Labute approximate surface area is 610 Å². The third-order valence-corrected chi connectivity index (χ3v) is 20.6. The number of anilines is 3. The number of fused-ring (bicyclic) bond motifs is 4. The predicted octanol–water partition coefficient (Wildman–Crippen LogP) is 18.7. The van der Waals surface area contributed by atoms with Gasteiger partial charge in [0.15, 0.2) is 17.2 Å². The Morgan fingerprint density at radius 3 is 1.38 bits per heavy atom. The minimum absolute atomic E-state index is 0.00473. The van der Waals surface area contributed by atoms with Crippen molar-refractivity contribution in [3.63, 3.8) is 0 Å². The molecule has 538 valence electrons. The second-order valence-electron chi connectivity index (χ2n) is 23.8. The van der Waals surface area contributed by atoms with Gasteiger partial charge in [0.2, 0.25) is 0 Å². The summed E-state index contributed by atoms with van der Waals surface area (Å²) in [5.74, 6) is -3.24. The molecule has 2 amide bonds. The highest BCUT2D eigenvalue weighted by molar-refractivity contribution is 8.00. The number of aromatic hydroxyl groups is 3. The van der Waals surface area contributed by atoms with Gasteiger partial charge in [0.05, 0.1) is 39.7 Å². The molecule has 30 heteroatoms. The fourth-order valence-corrected chi connectivity index (χ4v) is 15.1. The summed E-state index contributed by atoms with van der Waals surface area (Å²) in [5, 5.41) is 78.4. The Kier molecular flexibility index (Phi) is 22.1. The summed E-state index contributed by atoms with van der Waals surface area (Å²) in [6.07, 6.45) is 0. The molecule has 1 heterocycles. The summed E-state index contributed by atoms with van der Waals surface area (Å²) < 4.78 is 105. The number of aryl methyl sites for hydroxylation is 4. The topological polar surface area (TPSA) is 415 Å². The lowest BCUT2D eigenvalue weighted by Crippen LogP contribution is -2.13. The number of carbonyl (C=O) groups excluding carboxylic acids is 2. The molecule has 26 nitrogen and oxygen atoms in total. The molecule has 106 heavy (non-hydrogen) atoms. The number of hydrogen-bond acceptors (Lipinski definition) is 21. The highest BCUT2D eigenvalue weighted by atomic mass is 32.2. The standard InChI is InChI=1S/C26H23N3O6S.C25H19N3O6S2.C25H21N3O5S/c1-3-35-22-11-7-6-10-20(22)27-26(31)19-15-17-8-4-5-9-18(17)24(25(19)30)29-28-21-13-12-16(2)14-23(21)36(32,33)34;1-13-6-11-19-22(23(13)36(32,33)34)35-24(26-19)14-7-9-16(10-8-14)27-28-20-17-5-3-2-4-15(17)12-18(21(20)29)25(30)31;1-15-11-12-21(22(13-15)34(31,32)33)27-28-23-18-9-5-4-8-17(18)14-19(24(23)29)25(30)26-20-10-6-3-7-16(20)2/h4-15,30H,3H2,1-2H3,(H,27,31)(H,32,33,34);2-12,24,26,29H,1H3,(H,30,31)(H,32,33,34);3-14,29H,1-2H3,(H,26,30)(H,31,32,33). The second kappa shape index (κ2) is 31.4.